The maximum absolute atomic E-state index is 12.8. The van der Waals surface area contributed by atoms with Gasteiger partial charge in [-0.25, -0.2) is 0 Å². The minimum absolute atomic E-state index is 0.00127. The van der Waals surface area contributed by atoms with Gasteiger partial charge in [-0.15, -0.1) is 0 Å². The van der Waals surface area contributed by atoms with Crippen molar-refractivity contribution in [3.8, 4) is 6.07 Å². The van der Waals surface area contributed by atoms with E-state index in [0.29, 0.717) is 0 Å². The lowest BCUT2D eigenvalue weighted by Crippen LogP contribution is -2.42. The zero-order valence-electron chi connectivity index (χ0n) is 8.01. The van der Waals surface area contributed by atoms with Crippen molar-refractivity contribution >= 4 is 5.78 Å². The number of nitrogens with zero attached hydrogens (tertiary/aromatic N) is 1. The van der Waals surface area contributed by atoms with Gasteiger partial charge in [0.05, 0.1) is 6.07 Å². The van der Waals surface area contributed by atoms with Crippen LogP contribution in [0.1, 0.15) is 15.9 Å². The van der Waals surface area contributed by atoms with Gasteiger partial charge < -0.3 is 0 Å². The van der Waals surface area contributed by atoms with Gasteiger partial charge in [0.2, 0.25) is 5.41 Å². The molecule has 1 aliphatic rings. The molecule has 0 fully saturated rings. The summed E-state index contributed by atoms with van der Waals surface area (Å²) in [5, 5.41) is 8.70. The van der Waals surface area contributed by atoms with Crippen LogP contribution in [0, 0.1) is 16.7 Å². The number of ketones is 1. The normalized spacial score (nSPS) is 24.0. The Bertz CT molecular complexity index is 501. The Morgan fingerprint density at radius 3 is 2.44 bits per heavy atom. The highest BCUT2D eigenvalue weighted by Crippen LogP contribution is 2.47. The fourth-order valence-electron chi connectivity index (χ4n) is 1.87. The predicted molar refractivity (Wildman–Crippen MR) is 48.6 cm³/mol. The van der Waals surface area contributed by atoms with Gasteiger partial charge in [0.25, 0.3) is 0 Å². The summed E-state index contributed by atoms with van der Waals surface area (Å²) in [7, 11) is 0. The number of carbonyl (C=O) groups is 1. The number of alkyl halides is 3. The Hall–Kier alpha value is -1.83. The van der Waals surface area contributed by atoms with E-state index >= 15 is 0 Å². The molecule has 2 nitrogen and oxygen atoms in total. The molecular weight excluding hydrogens is 219 g/mol. The van der Waals surface area contributed by atoms with Crippen molar-refractivity contribution in [2.45, 2.75) is 12.6 Å². The number of hydrogen-bond acceptors (Lipinski definition) is 2. The summed E-state index contributed by atoms with van der Waals surface area (Å²) in [5.41, 5.74) is -2.61. The molecular formula is C11H6F3NO. The quantitative estimate of drug-likeness (QED) is 0.680. The number of Topliss-reactive ketones (excluding diaryl/α,β-unsaturated/α-hetero) is 1. The highest BCUT2D eigenvalue weighted by atomic mass is 19.4. The lowest BCUT2D eigenvalue weighted by atomic mass is 9.84. The lowest BCUT2D eigenvalue weighted by molar-refractivity contribution is -0.183. The van der Waals surface area contributed by atoms with Gasteiger partial charge in [-0.05, 0) is 5.56 Å². The first-order valence-electron chi connectivity index (χ1n) is 4.53. The second-order valence-electron chi connectivity index (χ2n) is 3.68. The SMILES string of the molecule is N#CC1(C(F)(F)F)Cc2ccccc2C1=O. The average Bonchev–Trinajstić information content (AvgIpc) is 2.53. The van der Waals surface area contributed by atoms with Gasteiger partial charge in [-0.1, -0.05) is 24.3 Å². The van der Waals surface area contributed by atoms with E-state index in [4.69, 9.17) is 5.26 Å². The zero-order valence-corrected chi connectivity index (χ0v) is 8.01. The number of carbonyl (C=O) groups excluding carboxylic acids is 1. The molecule has 2 rings (SSSR count). The fraction of sp³-hybridized carbons (Fsp3) is 0.273. The Balaban J connectivity index is 2.60. The molecule has 1 aliphatic carbocycles. The van der Waals surface area contributed by atoms with Crippen molar-refractivity contribution in [2.75, 3.05) is 0 Å². The Labute approximate surface area is 89.3 Å². The summed E-state index contributed by atoms with van der Waals surface area (Å²) in [6.07, 6.45) is -5.42. The maximum atomic E-state index is 12.8. The minimum Gasteiger partial charge on any atom is -0.292 e. The molecule has 0 saturated heterocycles. The maximum Gasteiger partial charge on any atom is 0.414 e. The number of hydrogen-bond donors (Lipinski definition) is 0. The van der Waals surface area contributed by atoms with Gasteiger partial charge >= 0.3 is 6.18 Å². The van der Waals surface area contributed by atoms with Gasteiger partial charge in [-0.3, -0.25) is 4.79 Å². The van der Waals surface area contributed by atoms with E-state index in [0.717, 1.165) is 6.07 Å². The third kappa shape index (κ3) is 1.16. The molecule has 0 amide bonds. The predicted octanol–water partition coefficient (Wildman–Crippen LogP) is 2.50. The lowest BCUT2D eigenvalue weighted by Gasteiger charge is -2.21. The molecule has 0 saturated carbocycles. The van der Waals surface area contributed by atoms with E-state index in [2.05, 4.69) is 0 Å². The van der Waals surface area contributed by atoms with Crippen LogP contribution in [-0.4, -0.2) is 12.0 Å². The summed E-state index contributed by atoms with van der Waals surface area (Å²) in [5.74, 6) is -1.14. The molecule has 16 heavy (non-hydrogen) atoms. The zero-order chi connectivity index (χ0) is 12.0. The molecule has 1 aromatic rings. The van der Waals surface area contributed by atoms with Gasteiger partial charge in [-0.2, -0.15) is 18.4 Å². The molecule has 0 heterocycles. The number of rotatable bonds is 0. The standard InChI is InChI=1S/C11H6F3NO/c12-11(13,14)10(6-15)5-7-3-1-2-4-8(7)9(10)16/h1-4H,5H2. The van der Waals surface area contributed by atoms with Crippen LogP contribution in [0.5, 0.6) is 0 Å². The summed E-state index contributed by atoms with van der Waals surface area (Å²) < 4.78 is 38.4. The molecule has 0 N–H and O–H groups in total. The van der Waals surface area contributed by atoms with E-state index in [1.165, 1.54) is 18.2 Å². The van der Waals surface area contributed by atoms with Crippen molar-refractivity contribution < 1.29 is 18.0 Å². The molecule has 1 unspecified atom stereocenters. The largest absolute Gasteiger partial charge is 0.414 e. The molecule has 1 aromatic carbocycles. The van der Waals surface area contributed by atoms with Gasteiger partial charge in [0.15, 0.2) is 5.78 Å². The van der Waals surface area contributed by atoms with E-state index in [9.17, 15) is 18.0 Å². The number of benzene rings is 1. The van der Waals surface area contributed by atoms with Crippen molar-refractivity contribution in [3.05, 3.63) is 35.4 Å². The average molecular weight is 225 g/mol. The van der Waals surface area contributed by atoms with Crippen molar-refractivity contribution in [1.29, 1.82) is 5.26 Å². The Kier molecular flexibility index (Phi) is 2.06. The molecule has 0 bridgehead atoms. The van der Waals surface area contributed by atoms with Crippen LogP contribution in [-0.2, 0) is 6.42 Å². The first-order valence-corrected chi connectivity index (χ1v) is 4.53. The van der Waals surface area contributed by atoms with E-state index in [1.54, 1.807) is 6.07 Å². The molecule has 0 radical (unpaired) electrons. The van der Waals surface area contributed by atoms with Crippen LogP contribution >= 0.6 is 0 Å². The summed E-state index contributed by atoms with van der Waals surface area (Å²) in [6, 6.07) is 6.94. The Morgan fingerprint density at radius 1 is 1.31 bits per heavy atom. The topological polar surface area (TPSA) is 40.9 Å². The van der Waals surface area contributed by atoms with Crippen LogP contribution < -0.4 is 0 Å². The summed E-state index contributed by atoms with van der Waals surface area (Å²) >= 11 is 0. The molecule has 1 atom stereocenters. The van der Waals surface area contributed by atoms with Crippen molar-refractivity contribution in [3.63, 3.8) is 0 Å². The van der Waals surface area contributed by atoms with Crippen LogP contribution in [0.3, 0.4) is 0 Å². The van der Waals surface area contributed by atoms with Gasteiger partial charge in [0, 0.05) is 12.0 Å². The molecule has 0 aliphatic heterocycles. The third-order valence-corrected chi connectivity index (χ3v) is 2.78. The molecule has 5 heteroatoms. The van der Waals surface area contributed by atoms with E-state index in [-0.39, 0.29) is 11.1 Å². The smallest absolute Gasteiger partial charge is 0.292 e. The van der Waals surface area contributed by atoms with Crippen LogP contribution in [0.15, 0.2) is 24.3 Å². The van der Waals surface area contributed by atoms with Crippen LogP contribution in [0.2, 0.25) is 0 Å². The molecule has 82 valence electrons. The van der Waals surface area contributed by atoms with Crippen molar-refractivity contribution in [1.82, 2.24) is 0 Å². The second-order valence-corrected chi connectivity index (χ2v) is 3.68. The second kappa shape index (κ2) is 3.08. The third-order valence-electron chi connectivity index (χ3n) is 2.78. The summed E-state index contributed by atoms with van der Waals surface area (Å²) in [4.78, 5) is 11.7. The molecule has 0 aromatic heterocycles. The minimum atomic E-state index is -4.84. The van der Waals surface area contributed by atoms with Crippen LogP contribution in [0.25, 0.3) is 0 Å². The first-order chi connectivity index (χ1) is 7.42. The number of halogens is 3. The monoisotopic (exact) mass is 225 g/mol. The fourth-order valence-corrected chi connectivity index (χ4v) is 1.87. The summed E-state index contributed by atoms with van der Waals surface area (Å²) in [6.45, 7) is 0. The van der Waals surface area contributed by atoms with Crippen molar-refractivity contribution in [2.24, 2.45) is 5.41 Å². The Morgan fingerprint density at radius 2 is 1.94 bits per heavy atom. The number of fused-ring (bicyclic) bond motifs is 1. The number of nitriles is 1. The van der Waals surface area contributed by atoms with E-state index in [1.807, 2.05) is 0 Å². The van der Waals surface area contributed by atoms with Gasteiger partial charge in [0.1, 0.15) is 0 Å². The first kappa shape index (κ1) is 10.7. The highest BCUT2D eigenvalue weighted by Gasteiger charge is 2.64. The van der Waals surface area contributed by atoms with Crippen LogP contribution in [0.4, 0.5) is 13.2 Å². The van der Waals surface area contributed by atoms with E-state index < -0.39 is 23.8 Å². The highest BCUT2D eigenvalue weighted by molar-refractivity contribution is 6.07. The molecule has 0 spiro atoms.